The third kappa shape index (κ3) is 7.04. The van der Waals surface area contributed by atoms with Gasteiger partial charge in [-0.1, -0.05) is 49.4 Å². The van der Waals surface area contributed by atoms with Crippen LogP contribution in [0.4, 0.5) is 0 Å². The van der Waals surface area contributed by atoms with Crippen molar-refractivity contribution in [2.75, 3.05) is 6.54 Å². The predicted molar refractivity (Wildman–Crippen MR) is 128 cm³/mol. The van der Waals surface area contributed by atoms with Gasteiger partial charge in [-0.05, 0) is 62.1 Å². The molecule has 6 heteroatoms. The fraction of sp³-hybridized carbons (Fsp3) is 0.462. The molecule has 0 saturated carbocycles. The van der Waals surface area contributed by atoms with E-state index < -0.39 is 12.1 Å². The molecule has 1 amide bonds. The normalized spacial score (nSPS) is 18.4. The van der Waals surface area contributed by atoms with Crippen LogP contribution in [0.25, 0.3) is 0 Å². The van der Waals surface area contributed by atoms with Crippen LogP contribution in [0.2, 0.25) is 0 Å². The van der Waals surface area contributed by atoms with Gasteiger partial charge >= 0.3 is 5.97 Å². The van der Waals surface area contributed by atoms with E-state index in [0.29, 0.717) is 17.8 Å². The maximum atomic E-state index is 12.3. The average molecular weight is 456 g/mol. The molecule has 172 valence electrons. The maximum absolute atomic E-state index is 12.3. The highest BCUT2D eigenvalue weighted by Crippen LogP contribution is 2.23. The monoisotopic (exact) mass is 455 g/mol. The van der Waals surface area contributed by atoms with Crippen molar-refractivity contribution < 1.29 is 19.8 Å². The van der Waals surface area contributed by atoms with E-state index in [1.54, 1.807) is 6.07 Å². The number of nitrogens with zero attached hydrogens (tertiary/aromatic N) is 1. The molecule has 1 aliphatic heterocycles. The minimum Gasteiger partial charge on any atom is -0.477 e. The van der Waals surface area contributed by atoms with Crippen molar-refractivity contribution in [2.45, 2.75) is 64.0 Å². The van der Waals surface area contributed by atoms with Gasteiger partial charge in [-0.3, -0.25) is 4.79 Å². The molecule has 32 heavy (non-hydrogen) atoms. The Kier molecular flexibility index (Phi) is 9.06. The summed E-state index contributed by atoms with van der Waals surface area (Å²) in [5, 5.41) is 19.6. The Morgan fingerprint density at radius 3 is 2.69 bits per heavy atom. The Morgan fingerprint density at radius 2 is 1.97 bits per heavy atom. The number of carbonyl (C=O) groups is 2. The van der Waals surface area contributed by atoms with Crippen LogP contribution in [0.1, 0.15) is 59.1 Å². The Bertz CT molecular complexity index is 908. The smallest absolute Gasteiger partial charge is 0.345 e. The van der Waals surface area contributed by atoms with Gasteiger partial charge in [-0.15, -0.1) is 11.3 Å². The SMILES string of the molecule is CC(CCCc1ccccc1)[C@@H](O)C=C[C@H]1CCC(=O)N1CCCc1ccc(C(=O)O)s1. The van der Waals surface area contributed by atoms with Gasteiger partial charge in [0, 0.05) is 17.8 Å². The largest absolute Gasteiger partial charge is 0.477 e. The number of amides is 1. The highest BCUT2D eigenvalue weighted by atomic mass is 32.1. The number of carbonyl (C=O) groups excluding carboxylic acids is 1. The van der Waals surface area contributed by atoms with Crippen LogP contribution in [-0.4, -0.2) is 45.7 Å². The molecule has 5 nitrogen and oxygen atoms in total. The molecule has 1 fully saturated rings. The predicted octanol–water partition coefficient (Wildman–Crippen LogP) is 4.95. The van der Waals surface area contributed by atoms with Gasteiger partial charge in [0.25, 0.3) is 0 Å². The number of hydrogen-bond acceptors (Lipinski definition) is 4. The second kappa shape index (κ2) is 12.0. The molecule has 2 N–H and O–H groups in total. The molecule has 1 unspecified atom stereocenters. The molecule has 3 rings (SSSR count). The molecule has 2 aromatic rings. The minimum atomic E-state index is -0.894. The topological polar surface area (TPSA) is 77.8 Å². The molecule has 0 spiro atoms. The number of likely N-dealkylation sites (tertiary alicyclic amines) is 1. The fourth-order valence-corrected chi connectivity index (χ4v) is 5.06. The van der Waals surface area contributed by atoms with Crippen LogP contribution in [0.15, 0.2) is 54.6 Å². The lowest BCUT2D eigenvalue weighted by molar-refractivity contribution is -0.128. The van der Waals surface area contributed by atoms with Gasteiger partial charge < -0.3 is 15.1 Å². The van der Waals surface area contributed by atoms with Crippen molar-refractivity contribution in [2.24, 2.45) is 5.92 Å². The third-order valence-electron chi connectivity index (χ3n) is 6.15. The zero-order chi connectivity index (χ0) is 22.9. The number of hydrogen-bond donors (Lipinski definition) is 2. The van der Waals surface area contributed by atoms with Crippen LogP contribution in [-0.2, 0) is 17.6 Å². The summed E-state index contributed by atoms with van der Waals surface area (Å²) in [4.78, 5) is 26.6. The summed E-state index contributed by atoms with van der Waals surface area (Å²) in [5.41, 5.74) is 1.33. The van der Waals surface area contributed by atoms with Gasteiger partial charge in [-0.25, -0.2) is 4.79 Å². The van der Waals surface area contributed by atoms with E-state index in [4.69, 9.17) is 5.11 Å². The second-order valence-corrected chi connectivity index (χ2v) is 9.77. The van der Waals surface area contributed by atoms with Crippen LogP contribution < -0.4 is 0 Å². The van der Waals surface area contributed by atoms with E-state index in [2.05, 4.69) is 31.2 Å². The second-order valence-electron chi connectivity index (χ2n) is 8.60. The van der Waals surface area contributed by atoms with Crippen molar-refractivity contribution in [3.63, 3.8) is 0 Å². The van der Waals surface area contributed by atoms with Crippen molar-refractivity contribution >= 4 is 23.2 Å². The van der Waals surface area contributed by atoms with Crippen LogP contribution in [0.5, 0.6) is 0 Å². The summed E-state index contributed by atoms with van der Waals surface area (Å²) in [6, 6.07) is 13.9. The first-order chi connectivity index (χ1) is 15.4. The van der Waals surface area contributed by atoms with Gasteiger partial charge in [0.2, 0.25) is 5.91 Å². The zero-order valence-electron chi connectivity index (χ0n) is 18.7. The first-order valence-electron chi connectivity index (χ1n) is 11.5. The highest BCUT2D eigenvalue weighted by Gasteiger charge is 2.28. The maximum Gasteiger partial charge on any atom is 0.345 e. The zero-order valence-corrected chi connectivity index (χ0v) is 19.5. The number of carboxylic acid groups (broad SMARTS) is 1. The summed E-state index contributed by atoms with van der Waals surface area (Å²) < 4.78 is 0. The lowest BCUT2D eigenvalue weighted by Gasteiger charge is -2.23. The summed E-state index contributed by atoms with van der Waals surface area (Å²) >= 11 is 1.30. The lowest BCUT2D eigenvalue weighted by atomic mass is 9.95. The van der Waals surface area contributed by atoms with Gasteiger partial charge in [0.1, 0.15) is 4.88 Å². The van der Waals surface area contributed by atoms with Gasteiger partial charge in [0.15, 0.2) is 0 Å². The number of benzene rings is 1. The number of aromatic carboxylic acids is 1. The fourth-order valence-electron chi connectivity index (χ4n) is 4.17. The standard InChI is InChI=1S/C26H33NO4S/c1-19(7-5-10-20-8-3-2-4-9-20)23(28)15-12-21-13-17-25(29)27(21)18-6-11-22-14-16-24(32-22)26(30)31/h2-4,8-9,12,14-16,19,21,23,28H,5-7,10-11,13,17-18H2,1H3,(H,30,31)/t19?,21-,23-/m0/s1. The van der Waals surface area contributed by atoms with E-state index >= 15 is 0 Å². The molecule has 1 aliphatic rings. The summed E-state index contributed by atoms with van der Waals surface area (Å²) in [5.74, 6) is -0.570. The summed E-state index contributed by atoms with van der Waals surface area (Å²) in [6.45, 7) is 2.72. The van der Waals surface area contributed by atoms with E-state index in [-0.39, 0.29) is 17.9 Å². The number of rotatable bonds is 12. The first-order valence-corrected chi connectivity index (χ1v) is 12.3. The van der Waals surface area contributed by atoms with Crippen molar-refractivity contribution in [3.8, 4) is 0 Å². The molecule has 0 radical (unpaired) electrons. The van der Waals surface area contributed by atoms with Crippen molar-refractivity contribution in [1.29, 1.82) is 0 Å². The number of carboxylic acids is 1. The molecular weight excluding hydrogens is 422 g/mol. The Morgan fingerprint density at radius 1 is 1.19 bits per heavy atom. The van der Waals surface area contributed by atoms with Crippen LogP contribution in [0.3, 0.4) is 0 Å². The highest BCUT2D eigenvalue weighted by molar-refractivity contribution is 7.13. The Labute approximate surface area is 194 Å². The third-order valence-corrected chi connectivity index (χ3v) is 7.28. The van der Waals surface area contributed by atoms with Crippen molar-refractivity contribution in [1.82, 2.24) is 4.90 Å². The number of aryl methyl sites for hydroxylation is 2. The molecule has 2 heterocycles. The van der Waals surface area contributed by atoms with Gasteiger partial charge in [0.05, 0.1) is 12.1 Å². The Hall–Kier alpha value is -2.44. The number of aliphatic hydroxyl groups is 1. The van der Waals surface area contributed by atoms with E-state index in [0.717, 1.165) is 43.4 Å². The first kappa shape index (κ1) is 24.2. The van der Waals surface area contributed by atoms with Crippen LogP contribution in [0, 0.1) is 5.92 Å². The molecule has 3 atom stereocenters. The van der Waals surface area contributed by atoms with Crippen molar-refractivity contribution in [3.05, 3.63) is 69.9 Å². The average Bonchev–Trinajstić information content (AvgIpc) is 3.40. The molecule has 1 aromatic heterocycles. The minimum absolute atomic E-state index is 0.0339. The molecular formula is C26H33NO4S. The summed E-state index contributed by atoms with van der Waals surface area (Å²) in [6.07, 6.45) is 9.25. The van der Waals surface area contributed by atoms with Gasteiger partial charge in [-0.2, -0.15) is 0 Å². The molecule has 0 bridgehead atoms. The van der Waals surface area contributed by atoms with E-state index in [1.807, 2.05) is 29.2 Å². The molecule has 1 aromatic carbocycles. The molecule has 0 aliphatic carbocycles. The Balaban J connectivity index is 1.43. The lowest BCUT2D eigenvalue weighted by Crippen LogP contribution is -2.33. The van der Waals surface area contributed by atoms with E-state index in [9.17, 15) is 14.7 Å². The van der Waals surface area contributed by atoms with E-state index in [1.165, 1.54) is 16.9 Å². The number of thiophene rings is 1. The molecule has 1 saturated heterocycles. The van der Waals surface area contributed by atoms with Crippen LogP contribution >= 0.6 is 11.3 Å². The quantitative estimate of drug-likeness (QED) is 0.444. The summed E-state index contributed by atoms with van der Waals surface area (Å²) in [7, 11) is 0. The number of aliphatic hydroxyl groups excluding tert-OH is 1.